The van der Waals surface area contributed by atoms with Crippen LogP contribution in [0.3, 0.4) is 0 Å². The Kier molecular flexibility index (Phi) is 8.51. The Balaban J connectivity index is 1.41. The molecule has 2 aromatic carbocycles. The number of hydrogen-bond donors (Lipinski definition) is 1. The number of rotatable bonds is 9. The van der Waals surface area contributed by atoms with Gasteiger partial charge in [-0.1, -0.05) is 32.0 Å². The van der Waals surface area contributed by atoms with Crippen molar-refractivity contribution in [2.75, 3.05) is 39.5 Å². The number of hydrogen-bond acceptors (Lipinski definition) is 8. The maximum atomic E-state index is 13.8. The first-order chi connectivity index (χ1) is 19.3. The number of nitrogens with zero attached hydrogens (tertiary/aromatic N) is 4. The van der Waals surface area contributed by atoms with E-state index in [1.54, 1.807) is 6.07 Å². The Morgan fingerprint density at radius 3 is 2.62 bits per heavy atom. The van der Waals surface area contributed by atoms with Crippen LogP contribution in [0.15, 0.2) is 42.5 Å². The molecule has 2 amide bonds. The predicted molar refractivity (Wildman–Crippen MR) is 148 cm³/mol. The van der Waals surface area contributed by atoms with Gasteiger partial charge in [-0.15, -0.1) is 0 Å². The molecule has 2 atom stereocenters. The van der Waals surface area contributed by atoms with Crippen molar-refractivity contribution in [3.05, 3.63) is 63.7 Å². The van der Waals surface area contributed by atoms with E-state index in [0.29, 0.717) is 56.1 Å². The topological polar surface area (TPSA) is 117 Å². The van der Waals surface area contributed by atoms with Crippen LogP contribution in [0, 0.1) is 16.0 Å². The zero-order chi connectivity index (χ0) is 28.2. The van der Waals surface area contributed by atoms with Crippen LogP contribution in [0.1, 0.15) is 37.8 Å². The third-order valence-corrected chi connectivity index (χ3v) is 7.74. The molecular weight excluding hydrogens is 514 g/mol. The number of amides is 2. The van der Waals surface area contributed by atoms with Gasteiger partial charge in [-0.05, 0) is 35.6 Å². The van der Waals surface area contributed by atoms with Gasteiger partial charge < -0.3 is 24.6 Å². The number of fused-ring (bicyclic) bond motifs is 1. The molecule has 0 bridgehead atoms. The van der Waals surface area contributed by atoms with Gasteiger partial charge in [0.2, 0.25) is 18.6 Å². The van der Waals surface area contributed by atoms with Crippen LogP contribution in [0.25, 0.3) is 0 Å². The first-order valence-electron chi connectivity index (χ1n) is 13.9. The lowest BCUT2D eigenvalue weighted by Gasteiger charge is -2.32. The van der Waals surface area contributed by atoms with Crippen LogP contribution >= 0.6 is 0 Å². The SMILES string of the molecule is CC(C)CC(=O)N(Cc1cccc([N+](=O)[O-])c1)[C@H]1C[C@@H](C(=O)N2CCNCC2)N(Cc2ccc3c(c2)OCO3)C1. The Morgan fingerprint density at radius 2 is 1.88 bits per heavy atom. The van der Waals surface area contributed by atoms with E-state index in [0.717, 1.165) is 18.7 Å². The second-order valence-corrected chi connectivity index (χ2v) is 11.1. The van der Waals surface area contributed by atoms with Crippen LogP contribution in [0.2, 0.25) is 0 Å². The molecule has 0 unspecified atom stereocenters. The molecule has 214 valence electrons. The summed E-state index contributed by atoms with van der Waals surface area (Å²) in [5.41, 5.74) is 1.70. The normalized spacial score (nSPS) is 20.6. The van der Waals surface area contributed by atoms with Gasteiger partial charge >= 0.3 is 0 Å². The summed E-state index contributed by atoms with van der Waals surface area (Å²) >= 11 is 0. The Hall–Kier alpha value is -3.70. The number of likely N-dealkylation sites (tertiary alicyclic amines) is 1. The first-order valence-corrected chi connectivity index (χ1v) is 13.9. The fourth-order valence-electron chi connectivity index (χ4n) is 5.76. The lowest BCUT2D eigenvalue weighted by molar-refractivity contribution is -0.384. The van der Waals surface area contributed by atoms with Gasteiger partial charge in [-0.25, -0.2) is 0 Å². The van der Waals surface area contributed by atoms with E-state index in [1.807, 2.05) is 47.9 Å². The Bertz CT molecular complexity index is 1250. The fraction of sp³-hybridized carbons (Fsp3) is 0.517. The molecule has 2 fully saturated rings. The number of carbonyl (C=O) groups is 2. The average Bonchev–Trinajstić information content (AvgIpc) is 3.58. The van der Waals surface area contributed by atoms with E-state index in [1.165, 1.54) is 12.1 Å². The number of carbonyl (C=O) groups excluding carboxylic acids is 2. The highest BCUT2D eigenvalue weighted by molar-refractivity contribution is 5.83. The molecule has 3 aliphatic heterocycles. The van der Waals surface area contributed by atoms with Crippen molar-refractivity contribution < 1.29 is 24.0 Å². The lowest BCUT2D eigenvalue weighted by Crippen LogP contribution is -2.52. The lowest BCUT2D eigenvalue weighted by atomic mass is 10.0. The van der Waals surface area contributed by atoms with Crippen molar-refractivity contribution in [2.45, 2.75) is 51.9 Å². The molecular formula is C29H37N5O6. The van der Waals surface area contributed by atoms with Gasteiger partial charge in [0.15, 0.2) is 11.5 Å². The summed E-state index contributed by atoms with van der Waals surface area (Å²) in [6, 6.07) is 11.7. The first kappa shape index (κ1) is 27.9. The monoisotopic (exact) mass is 551 g/mol. The molecule has 0 saturated carbocycles. The highest BCUT2D eigenvalue weighted by Gasteiger charge is 2.42. The number of nitrogens with one attached hydrogen (secondary N) is 1. The van der Waals surface area contributed by atoms with E-state index in [4.69, 9.17) is 9.47 Å². The molecule has 1 N–H and O–H groups in total. The summed E-state index contributed by atoms with van der Waals surface area (Å²) in [5.74, 6) is 1.63. The Labute approximate surface area is 234 Å². The molecule has 0 spiro atoms. The number of benzene rings is 2. The largest absolute Gasteiger partial charge is 0.454 e. The van der Waals surface area contributed by atoms with Crippen molar-refractivity contribution >= 4 is 17.5 Å². The van der Waals surface area contributed by atoms with Crippen LogP contribution < -0.4 is 14.8 Å². The standard InChI is InChI=1S/C29H37N5O6/c1-20(2)12-28(35)33(17-21-4-3-5-23(13-21)34(37)38)24-15-25(29(36)31-10-8-30-9-11-31)32(18-24)16-22-6-7-26-27(14-22)40-19-39-26/h3-7,13-14,20,24-25,30H,8-12,15-19H2,1-2H3/t24-,25-/m0/s1. The van der Waals surface area contributed by atoms with E-state index < -0.39 is 4.92 Å². The van der Waals surface area contributed by atoms with E-state index >= 15 is 0 Å². The van der Waals surface area contributed by atoms with Gasteiger partial charge in [0, 0.05) is 70.4 Å². The molecule has 5 rings (SSSR count). The van der Waals surface area contributed by atoms with Crippen molar-refractivity contribution in [3.8, 4) is 11.5 Å². The molecule has 3 heterocycles. The molecule has 3 aliphatic rings. The third-order valence-electron chi connectivity index (χ3n) is 7.74. The van der Waals surface area contributed by atoms with Gasteiger partial charge in [-0.2, -0.15) is 0 Å². The predicted octanol–water partition coefficient (Wildman–Crippen LogP) is 2.77. The molecule has 11 nitrogen and oxygen atoms in total. The van der Waals surface area contributed by atoms with Crippen LogP contribution in [-0.2, 0) is 22.7 Å². The molecule has 0 aliphatic carbocycles. The maximum absolute atomic E-state index is 13.8. The minimum absolute atomic E-state index is 0.00335. The minimum Gasteiger partial charge on any atom is -0.454 e. The highest BCUT2D eigenvalue weighted by Crippen LogP contribution is 2.34. The minimum atomic E-state index is -0.422. The number of nitro benzene ring substituents is 1. The van der Waals surface area contributed by atoms with Crippen molar-refractivity contribution in [2.24, 2.45) is 5.92 Å². The second kappa shape index (κ2) is 12.2. The third kappa shape index (κ3) is 6.37. The van der Waals surface area contributed by atoms with E-state index in [2.05, 4.69) is 10.2 Å². The number of piperazine rings is 1. The maximum Gasteiger partial charge on any atom is 0.269 e. The quantitative estimate of drug-likeness (QED) is 0.374. The summed E-state index contributed by atoms with van der Waals surface area (Å²) < 4.78 is 11.0. The summed E-state index contributed by atoms with van der Waals surface area (Å²) in [6.07, 6.45) is 0.871. The van der Waals surface area contributed by atoms with Gasteiger partial charge in [0.05, 0.1) is 11.0 Å². The van der Waals surface area contributed by atoms with Gasteiger partial charge in [0.25, 0.3) is 5.69 Å². The van der Waals surface area contributed by atoms with Gasteiger partial charge in [0.1, 0.15) is 0 Å². The van der Waals surface area contributed by atoms with Crippen LogP contribution in [0.4, 0.5) is 5.69 Å². The summed E-state index contributed by atoms with van der Waals surface area (Å²) in [5, 5.41) is 14.7. The molecule has 2 saturated heterocycles. The number of non-ortho nitro benzene ring substituents is 1. The van der Waals surface area contributed by atoms with E-state index in [9.17, 15) is 19.7 Å². The van der Waals surface area contributed by atoms with Gasteiger partial charge in [-0.3, -0.25) is 24.6 Å². The number of ether oxygens (including phenoxy) is 2. The summed E-state index contributed by atoms with van der Waals surface area (Å²) in [4.78, 5) is 44.3. The summed E-state index contributed by atoms with van der Waals surface area (Å²) in [6.45, 7) is 8.33. The molecule has 0 radical (unpaired) electrons. The molecule has 0 aromatic heterocycles. The zero-order valence-electron chi connectivity index (χ0n) is 23.1. The molecule has 11 heteroatoms. The molecule has 40 heavy (non-hydrogen) atoms. The average molecular weight is 552 g/mol. The van der Waals surface area contributed by atoms with Crippen molar-refractivity contribution in [1.29, 1.82) is 0 Å². The molecule has 2 aromatic rings. The Morgan fingerprint density at radius 1 is 1.10 bits per heavy atom. The van der Waals surface area contributed by atoms with Crippen LogP contribution in [0.5, 0.6) is 11.5 Å². The second-order valence-electron chi connectivity index (χ2n) is 11.1. The highest BCUT2D eigenvalue weighted by atomic mass is 16.7. The van der Waals surface area contributed by atoms with E-state index in [-0.39, 0.29) is 48.8 Å². The summed E-state index contributed by atoms with van der Waals surface area (Å²) in [7, 11) is 0. The zero-order valence-corrected chi connectivity index (χ0v) is 23.1. The van der Waals surface area contributed by atoms with Crippen LogP contribution in [-0.4, -0.2) is 83.0 Å². The van der Waals surface area contributed by atoms with Crippen molar-refractivity contribution in [1.82, 2.24) is 20.0 Å². The fourth-order valence-corrected chi connectivity index (χ4v) is 5.76. The smallest absolute Gasteiger partial charge is 0.269 e. The van der Waals surface area contributed by atoms with Crippen molar-refractivity contribution in [3.63, 3.8) is 0 Å². The number of nitro groups is 1.